The van der Waals surface area contributed by atoms with Crippen LogP contribution >= 0.6 is 0 Å². The Kier molecular flexibility index (Phi) is 14.5. The summed E-state index contributed by atoms with van der Waals surface area (Å²) in [5.74, 6) is -43.9. The third-order valence-electron chi connectivity index (χ3n) is 5.35. The highest BCUT2D eigenvalue weighted by molar-refractivity contribution is 5.94. The van der Waals surface area contributed by atoms with Crippen molar-refractivity contribution < 1.29 is 85.6 Å². The summed E-state index contributed by atoms with van der Waals surface area (Å²) >= 11 is 0. The van der Waals surface area contributed by atoms with Gasteiger partial charge in [-0.15, -0.1) is 0 Å². The Balaban J connectivity index is 5.84. The van der Waals surface area contributed by atoms with Crippen LogP contribution in [0.4, 0.5) is 57.1 Å². The maximum Gasteiger partial charge on any atom is 0.460 e. The van der Waals surface area contributed by atoms with Gasteiger partial charge in [0, 0.05) is 6.42 Å². The molecule has 0 amide bonds. The molecule has 0 unspecified atom stereocenters. The lowest BCUT2D eigenvalue weighted by molar-refractivity contribution is -0.440. The molecular formula is C23H27F13O6. The minimum atomic E-state index is -8.06. The second kappa shape index (κ2) is 15.5. The van der Waals surface area contributed by atoms with Crippen molar-refractivity contribution in [1.29, 1.82) is 0 Å². The molecular weight excluding hydrogens is 619 g/mol. The molecule has 0 aromatic carbocycles. The zero-order valence-electron chi connectivity index (χ0n) is 21.6. The van der Waals surface area contributed by atoms with Crippen LogP contribution in [0.25, 0.3) is 0 Å². The molecule has 246 valence electrons. The van der Waals surface area contributed by atoms with E-state index in [0.717, 1.165) is 12.5 Å². The van der Waals surface area contributed by atoms with Crippen molar-refractivity contribution in [3.63, 3.8) is 0 Å². The number of carbonyl (C=O) groups excluding carboxylic acids is 2. The first-order valence-corrected chi connectivity index (χ1v) is 11.8. The Bertz CT molecular complexity index is 859. The van der Waals surface area contributed by atoms with Crippen LogP contribution in [0.1, 0.15) is 38.5 Å². The molecule has 0 rings (SSSR count). The van der Waals surface area contributed by atoms with Crippen molar-refractivity contribution >= 4 is 11.9 Å². The number of rotatable bonds is 21. The van der Waals surface area contributed by atoms with Crippen LogP contribution in [-0.2, 0) is 28.5 Å². The predicted octanol–water partition coefficient (Wildman–Crippen LogP) is 7.09. The van der Waals surface area contributed by atoms with Gasteiger partial charge < -0.3 is 18.9 Å². The molecule has 0 heterocycles. The van der Waals surface area contributed by atoms with E-state index in [4.69, 9.17) is 9.47 Å². The Hall–Kier alpha value is -2.89. The fourth-order valence-electron chi connectivity index (χ4n) is 2.90. The third kappa shape index (κ3) is 9.31. The van der Waals surface area contributed by atoms with Crippen molar-refractivity contribution in [1.82, 2.24) is 0 Å². The van der Waals surface area contributed by atoms with E-state index >= 15 is 0 Å². The molecule has 0 fully saturated rings. The fraction of sp³-hybridized carbons (Fsp3) is 0.739. The number of hydrogen-bond donors (Lipinski definition) is 0. The Morgan fingerprint density at radius 2 is 0.929 bits per heavy atom. The first-order chi connectivity index (χ1) is 19.1. The van der Waals surface area contributed by atoms with Crippen molar-refractivity contribution in [3.05, 3.63) is 25.7 Å². The van der Waals surface area contributed by atoms with Crippen LogP contribution in [0.15, 0.2) is 25.7 Å². The summed E-state index contributed by atoms with van der Waals surface area (Å²) < 4.78 is 192. The summed E-state index contributed by atoms with van der Waals surface area (Å²) in [5, 5.41) is 0. The SMILES string of the molecule is C=COCCCCOC(=O)C(CCC(F)(F)C(F)(F)C(F)(F)C(F)(F)C(F)(F)C(F)(F)F)C(=O)OCCCCOC=C. The van der Waals surface area contributed by atoms with Gasteiger partial charge in [0.05, 0.1) is 39.0 Å². The summed E-state index contributed by atoms with van der Waals surface area (Å²) in [4.78, 5) is 24.6. The molecule has 0 aliphatic rings. The molecule has 0 spiro atoms. The molecule has 0 saturated carbocycles. The molecule has 0 N–H and O–H groups in total. The molecule has 6 nitrogen and oxygen atoms in total. The van der Waals surface area contributed by atoms with Gasteiger partial charge in [-0.2, -0.15) is 57.1 Å². The van der Waals surface area contributed by atoms with Gasteiger partial charge in [0.25, 0.3) is 0 Å². The average molecular weight is 646 g/mol. The van der Waals surface area contributed by atoms with Crippen molar-refractivity contribution in [2.24, 2.45) is 5.92 Å². The number of carbonyl (C=O) groups is 2. The smallest absolute Gasteiger partial charge is 0.460 e. The molecule has 0 aliphatic heterocycles. The number of halogens is 13. The van der Waals surface area contributed by atoms with Crippen LogP contribution in [0, 0.1) is 5.92 Å². The summed E-state index contributed by atoms with van der Waals surface area (Å²) in [6, 6.07) is 0. The van der Waals surface area contributed by atoms with Crippen LogP contribution in [0.3, 0.4) is 0 Å². The van der Waals surface area contributed by atoms with Gasteiger partial charge in [0.2, 0.25) is 0 Å². The van der Waals surface area contributed by atoms with Crippen molar-refractivity contribution in [2.45, 2.75) is 74.3 Å². The number of esters is 2. The predicted molar refractivity (Wildman–Crippen MR) is 116 cm³/mol. The third-order valence-corrected chi connectivity index (χ3v) is 5.35. The van der Waals surface area contributed by atoms with Crippen LogP contribution < -0.4 is 0 Å². The second-order valence-corrected chi connectivity index (χ2v) is 8.42. The van der Waals surface area contributed by atoms with Gasteiger partial charge in [0.1, 0.15) is 0 Å². The van der Waals surface area contributed by atoms with Gasteiger partial charge in [-0.05, 0) is 32.1 Å². The number of hydrogen-bond acceptors (Lipinski definition) is 6. The summed E-state index contributed by atoms with van der Waals surface area (Å²) in [5.41, 5.74) is 0. The van der Waals surface area contributed by atoms with Crippen LogP contribution in [0.5, 0.6) is 0 Å². The standard InChI is InChI=1S/C23H27F13O6/c1-3-39-11-5-7-13-41-16(37)15(17(38)42-14-8-6-12-40-4-2)9-10-18(24,25)19(26,27)20(28,29)21(30,31)22(32,33)23(34,35)36/h3-4,15H,1-2,5-14H2. The highest BCUT2D eigenvalue weighted by atomic mass is 19.4. The molecule has 0 bridgehead atoms. The topological polar surface area (TPSA) is 71.1 Å². The molecule has 42 heavy (non-hydrogen) atoms. The molecule has 0 aliphatic carbocycles. The maximum atomic E-state index is 14.2. The van der Waals surface area contributed by atoms with E-state index in [1.54, 1.807) is 0 Å². The van der Waals surface area contributed by atoms with Gasteiger partial charge in [-0.3, -0.25) is 9.59 Å². The highest BCUT2D eigenvalue weighted by Crippen LogP contribution is 2.60. The zero-order chi connectivity index (χ0) is 33.0. The summed E-state index contributed by atoms with van der Waals surface area (Å²) in [6.45, 7) is 5.63. The van der Waals surface area contributed by atoms with E-state index in [9.17, 15) is 66.7 Å². The lowest BCUT2D eigenvalue weighted by Gasteiger charge is -2.39. The van der Waals surface area contributed by atoms with Crippen LogP contribution in [-0.4, -0.2) is 74.2 Å². The highest BCUT2D eigenvalue weighted by Gasteiger charge is 2.90. The fourth-order valence-corrected chi connectivity index (χ4v) is 2.90. The summed E-state index contributed by atoms with van der Waals surface area (Å²) in [6.07, 6.45) is -9.49. The van der Waals surface area contributed by atoms with E-state index < -0.39 is 79.7 Å². The molecule has 0 radical (unpaired) electrons. The van der Waals surface area contributed by atoms with Crippen molar-refractivity contribution in [3.8, 4) is 0 Å². The van der Waals surface area contributed by atoms with E-state index in [1.807, 2.05) is 0 Å². The summed E-state index contributed by atoms with van der Waals surface area (Å²) in [7, 11) is 0. The first kappa shape index (κ1) is 39.1. The largest absolute Gasteiger partial charge is 0.502 e. The Labute approximate surface area is 230 Å². The molecule has 0 aromatic heterocycles. The maximum absolute atomic E-state index is 14.2. The molecule has 0 saturated heterocycles. The average Bonchev–Trinajstić information content (AvgIpc) is 2.87. The number of ether oxygens (including phenoxy) is 4. The minimum absolute atomic E-state index is 0.0353. The number of unbranched alkanes of at least 4 members (excludes halogenated alkanes) is 2. The normalized spacial score (nSPS) is 13.5. The first-order valence-electron chi connectivity index (χ1n) is 11.8. The molecule has 0 aromatic rings. The van der Waals surface area contributed by atoms with E-state index in [0.29, 0.717) is 0 Å². The van der Waals surface area contributed by atoms with E-state index in [2.05, 4.69) is 22.6 Å². The Morgan fingerprint density at radius 3 is 1.29 bits per heavy atom. The van der Waals surface area contributed by atoms with E-state index in [-0.39, 0.29) is 38.9 Å². The quantitative estimate of drug-likeness (QED) is 0.0436. The van der Waals surface area contributed by atoms with Gasteiger partial charge in [-0.1, -0.05) is 13.2 Å². The Morgan fingerprint density at radius 1 is 0.571 bits per heavy atom. The van der Waals surface area contributed by atoms with E-state index in [1.165, 1.54) is 0 Å². The van der Waals surface area contributed by atoms with Crippen LogP contribution in [0.2, 0.25) is 0 Å². The zero-order valence-corrected chi connectivity index (χ0v) is 21.6. The monoisotopic (exact) mass is 646 g/mol. The minimum Gasteiger partial charge on any atom is -0.502 e. The second-order valence-electron chi connectivity index (χ2n) is 8.42. The number of alkyl halides is 13. The molecule has 19 heteroatoms. The lowest BCUT2D eigenvalue weighted by atomic mass is 9.90. The van der Waals surface area contributed by atoms with Gasteiger partial charge >= 0.3 is 47.7 Å². The van der Waals surface area contributed by atoms with Gasteiger partial charge in [-0.25, -0.2) is 0 Å². The van der Waals surface area contributed by atoms with Gasteiger partial charge in [0.15, 0.2) is 5.92 Å². The lowest BCUT2D eigenvalue weighted by Crippen LogP contribution is -2.70. The molecule has 0 atom stereocenters. The van der Waals surface area contributed by atoms with Crippen molar-refractivity contribution in [2.75, 3.05) is 26.4 Å².